The van der Waals surface area contributed by atoms with Gasteiger partial charge in [-0.3, -0.25) is 4.79 Å². The van der Waals surface area contributed by atoms with Crippen molar-refractivity contribution in [2.24, 2.45) is 0 Å². The molecule has 0 saturated heterocycles. The van der Waals surface area contributed by atoms with Gasteiger partial charge >= 0.3 is 0 Å². The largest absolute Gasteiger partial charge is 0.360 e. The Labute approximate surface area is 136 Å². The lowest BCUT2D eigenvalue weighted by Crippen LogP contribution is -2.24. The predicted octanol–water partition coefficient (Wildman–Crippen LogP) is 3.44. The van der Waals surface area contributed by atoms with Gasteiger partial charge in [-0.05, 0) is 42.7 Å². The zero-order valence-corrected chi connectivity index (χ0v) is 13.3. The van der Waals surface area contributed by atoms with Crippen molar-refractivity contribution >= 4 is 11.6 Å². The summed E-state index contributed by atoms with van der Waals surface area (Å²) >= 11 is 0. The third-order valence-corrected chi connectivity index (χ3v) is 3.55. The number of amides is 1. The number of aryl methyl sites for hydroxylation is 2. The van der Waals surface area contributed by atoms with Gasteiger partial charge in [0, 0.05) is 18.4 Å². The average molecular weight is 305 g/mol. The summed E-state index contributed by atoms with van der Waals surface area (Å²) in [5.41, 5.74) is 4.22. The zero-order chi connectivity index (χ0) is 16.7. The van der Waals surface area contributed by atoms with Gasteiger partial charge in [0.2, 0.25) is 0 Å². The van der Waals surface area contributed by atoms with Crippen LogP contribution in [0, 0.1) is 25.2 Å². The molecule has 2 aromatic rings. The highest BCUT2D eigenvalue weighted by Crippen LogP contribution is 2.14. The first-order valence-corrected chi connectivity index (χ1v) is 7.36. The van der Waals surface area contributed by atoms with E-state index in [0.29, 0.717) is 6.54 Å². The number of anilines is 1. The summed E-state index contributed by atoms with van der Waals surface area (Å²) in [5.74, 6) is -0.396. The van der Waals surface area contributed by atoms with E-state index in [1.165, 1.54) is 11.8 Å². The maximum atomic E-state index is 12.0. The Kier molecular flexibility index (Phi) is 5.54. The van der Waals surface area contributed by atoms with E-state index in [-0.39, 0.29) is 5.57 Å². The van der Waals surface area contributed by atoms with Gasteiger partial charge in [0.15, 0.2) is 0 Å². The van der Waals surface area contributed by atoms with Gasteiger partial charge < -0.3 is 10.6 Å². The molecule has 0 unspecified atom stereocenters. The van der Waals surface area contributed by atoms with Crippen molar-refractivity contribution in [3.05, 3.63) is 77.0 Å². The molecule has 0 atom stereocenters. The number of nitrogens with zero attached hydrogens (tertiary/aromatic N) is 1. The van der Waals surface area contributed by atoms with Gasteiger partial charge in [-0.15, -0.1) is 0 Å². The first kappa shape index (κ1) is 16.3. The maximum absolute atomic E-state index is 12.0. The molecule has 4 nitrogen and oxygen atoms in total. The molecule has 0 radical (unpaired) electrons. The third-order valence-electron chi connectivity index (χ3n) is 3.55. The Balaban J connectivity index is 1.99. The summed E-state index contributed by atoms with van der Waals surface area (Å²) in [6, 6.07) is 17.4. The number of nitriles is 1. The monoisotopic (exact) mass is 305 g/mol. The van der Waals surface area contributed by atoms with E-state index < -0.39 is 5.91 Å². The molecule has 0 bridgehead atoms. The van der Waals surface area contributed by atoms with Crippen molar-refractivity contribution in [1.82, 2.24) is 5.32 Å². The Hall–Kier alpha value is -3.06. The standard InChI is InChI=1S/C19H19N3O/c1-14-8-9-18(10-15(14)2)21-13-17(11-20)19(23)22-12-16-6-4-3-5-7-16/h3-10,13,21H,12H2,1-2H3,(H,22,23)/b17-13+. The minimum absolute atomic E-state index is 0.0409. The molecule has 2 rings (SSSR count). The molecule has 2 N–H and O–H groups in total. The second kappa shape index (κ2) is 7.81. The fraction of sp³-hybridized carbons (Fsp3) is 0.158. The topological polar surface area (TPSA) is 64.9 Å². The highest BCUT2D eigenvalue weighted by Gasteiger charge is 2.08. The number of carbonyl (C=O) groups excluding carboxylic acids is 1. The van der Waals surface area contributed by atoms with Crippen LogP contribution in [0.15, 0.2) is 60.3 Å². The van der Waals surface area contributed by atoms with Gasteiger partial charge in [-0.1, -0.05) is 36.4 Å². The summed E-state index contributed by atoms with van der Waals surface area (Å²) in [6.07, 6.45) is 1.43. The molecule has 0 aromatic heterocycles. The summed E-state index contributed by atoms with van der Waals surface area (Å²) in [4.78, 5) is 12.0. The summed E-state index contributed by atoms with van der Waals surface area (Å²) in [6.45, 7) is 4.44. The molecule has 116 valence electrons. The molecule has 2 aromatic carbocycles. The van der Waals surface area contributed by atoms with Crippen LogP contribution in [0.1, 0.15) is 16.7 Å². The second-order valence-corrected chi connectivity index (χ2v) is 5.28. The Morgan fingerprint density at radius 3 is 2.52 bits per heavy atom. The third kappa shape index (κ3) is 4.72. The molecule has 0 spiro atoms. The van der Waals surface area contributed by atoms with Gasteiger partial charge in [-0.2, -0.15) is 5.26 Å². The molecule has 23 heavy (non-hydrogen) atoms. The Bertz CT molecular complexity index is 758. The van der Waals surface area contributed by atoms with E-state index in [2.05, 4.69) is 10.6 Å². The van der Waals surface area contributed by atoms with Crippen LogP contribution >= 0.6 is 0 Å². The molecule has 0 heterocycles. The quantitative estimate of drug-likeness (QED) is 0.657. The van der Waals surface area contributed by atoms with E-state index in [4.69, 9.17) is 5.26 Å². The Morgan fingerprint density at radius 1 is 1.13 bits per heavy atom. The summed E-state index contributed by atoms with van der Waals surface area (Å²) in [7, 11) is 0. The zero-order valence-electron chi connectivity index (χ0n) is 13.3. The van der Waals surface area contributed by atoms with Crippen LogP contribution in [0.3, 0.4) is 0 Å². The smallest absolute Gasteiger partial charge is 0.263 e. The fourth-order valence-corrected chi connectivity index (χ4v) is 2.01. The van der Waals surface area contributed by atoms with Crippen molar-refractivity contribution in [2.45, 2.75) is 20.4 Å². The van der Waals surface area contributed by atoms with Crippen molar-refractivity contribution in [3.8, 4) is 6.07 Å². The molecule has 1 amide bonds. The number of rotatable bonds is 5. The van der Waals surface area contributed by atoms with E-state index in [1.807, 2.05) is 68.4 Å². The van der Waals surface area contributed by atoms with Crippen LogP contribution in [0.25, 0.3) is 0 Å². The SMILES string of the molecule is Cc1ccc(N/C=C(\C#N)C(=O)NCc2ccccc2)cc1C. The fourth-order valence-electron chi connectivity index (χ4n) is 2.01. The van der Waals surface area contributed by atoms with Crippen LogP contribution in [0.4, 0.5) is 5.69 Å². The van der Waals surface area contributed by atoms with Crippen LogP contribution < -0.4 is 10.6 Å². The number of hydrogen-bond acceptors (Lipinski definition) is 3. The van der Waals surface area contributed by atoms with Crippen molar-refractivity contribution in [1.29, 1.82) is 5.26 Å². The predicted molar refractivity (Wildman–Crippen MR) is 91.5 cm³/mol. The number of benzene rings is 2. The maximum Gasteiger partial charge on any atom is 0.263 e. The number of carbonyl (C=O) groups is 1. The van der Waals surface area contributed by atoms with Gasteiger partial charge in [0.25, 0.3) is 5.91 Å². The minimum Gasteiger partial charge on any atom is -0.360 e. The lowest BCUT2D eigenvalue weighted by atomic mass is 10.1. The van der Waals surface area contributed by atoms with Gasteiger partial charge in [0.1, 0.15) is 11.6 Å². The van der Waals surface area contributed by atoms with Crippen molar-refractivity contribution < 1.29 is 4.79 Å². The number of nitrogens with one attached hydrogen (secondary N) is 2. The van der Waals surface area contributed by atoms with Crippen molar-refractivity contribution in [2.75, 3.05) is 5.32 Å². The highest BCUT2D eigenvalue weighted by molar-refractivity contribution is 5.97. The summed E-state index contributed by atoms with van der Waals surface area (Å²) in [5, 5.41) is 14.9. The average Bonchev–Trinajstić information content (AvgIpc) is 2.57. The van der Waals surface area contributed by atoms with E-state index >= 15 is 0 Å². The van der Waals surface area contributed by atoms with E-state index in [0.717, 1.165) is 16.8 Å². The first-order chi connectivity index (χ1) is 11.1. The lowest BCUT2D eigenvalue weighted by Gasteiger charge is -2.07. The lowest BCUT2D eigenvalue weighted by molar-refractivity contribution is -0.117. The second-order valence-electron chi connectivity index (χ2n) is 5.28. The molecule has 0 aliphatic heterocycles. The van der Waals surface area contributed by atoms with Gasteiger partial charge in [-0.25, -0.2) is 0 Å². The molecular formula is C19H19N3O. The summed E-state index contributed by atoms with van der Waals surface area (Å²) < 4.78 is 0. The normalized spacial score (nSPS) is 10.7. The van der Waals surface area contributed by atoms with Crippen LogP contribution in [-0.2, 0) is 11.3 Å². The van der Waals surface area contributed by atoms with Crippen LogP contribution in [-0.4, -0.2) is 5.91 Å². The molecule has 4 heteroatoms. The minimum atomic E-state index is -0.396. The van der Waals surface area contributed by atoms with E-state index in [1.54, 1.807) is 0 Å². The van der Waals surface area contributed by atoms with E-state index in [9.17, 15) is 4.79 Å². The molecular weight excluding hydrogens is 286 g/mol. The Morgan fingerprint density at radius 2 is 1.87 bits per heavy atom. The molecule has 0 aliphatic rings. The molecule has 0 fully saturated rings. The molecule has 0 aliphatic carbocycles. The van der Waals surface area contributed by atoms with Crippen LogP contribution in [0.5, 0.6) is 0 Å². The van der Waals surface area contributed by atoms with Crippen LogP contribution in [0.2, 0.25) is 0 Å². The molecule has 0 saturated carbocycles. The van der Waals surface area contributed by atoms with Crippen molar-refractivity contribution in [3.63, 3.8) is 0 Å². The van der Waals surface area contributed by atoms with Gasteiger partial charge in [0.05, 0.1) is 0 Å². The first-order valence-electron chi connectivity index (χ1n) is 7.36. The number of hydrogen-bond donors (Lipinski definition) is 2. The highest BCUT2D eigenvalue weighted by atomic mass is 16.1.